The zero-order valence-corrected chi connectivity index (χ0v) is 11.5. The highest BCUT2D eigenvalue weighted by atomic mass is 16.4. The van der Waals surface area contributed by atoms with Gasteiger partial charge in [0, 0.05) is 12.7 Å². The number of amides is 1. The van der Waals surface area contributed by atoms with Crippen molar-refractivity contribution in [1.82, 2.24) is 15.1 Å². The van der Waals surface area contributed by atoms with Gasteiger partial charge in [0.05, 0.1) is 24.7 Å². The third kappa shape index (κ3) is 4.76. The van der Waals surface area contributed by atoms with Gasteiger partial charge in [-0.3, -0.25) is 14.3 Å². The highest BCUT2D eigenvalue weighted by molar-refractivity contribution is 5.93. The van der Waals surface area contributed by atoms with Gasteiger partial charge in [0.25, 0.3) is 5.91 Å². The molecule has 1 heterocycles. The van der Waals surface area contributed by atoms with Crippen LogP contribution in [0.4, 0.5) is 0 Å². The van der Waals surface area contributed by atoms with E-state index in [0.29, 0.717) is 12.1 Å². The molecule has 1 amide bonds. The molecular formula is C15H17N3O3. The van der Waals surface area contributed by atoms with Gasteiger partial charge < -0.3 is 10.4 Å². The molecule has 2 rings (SSSR count). The van der Waals surface area contributed by atoms with E-state index in [1.807, 2.05) is 30.3 Å². The molecule has 0 unspecified atom stereocenters. The third-order valence-corrected chi connectivity index (χ3v) is 2.99. The van der Waals surface area contributed by atoms with Crippen LogP contribution in [0, 0.1) is 0 Å². The van der Waals surface area contributed by atoms with Crippen molar-refractivity contribution >= 4 is 11.9 Å². The van der Waals surface area contributed by atoms with E-state index in [1.54, 1.807) is 6.20 Å². The van der Waals surface area contributed by atoms with Gasteiger partial charge in [-0.2, -0.15) is 5.10 Å². The molecule has 0 fully saturated rings. The Hall–Kier alpha value is -2.63. The number of carboxylic acid groups (broad SMARTS) is 1. The standard InChI is InChI=1S/C15H17N3O3/c19-14(20)7-9-18-11-13(10-17-18)15(21)16-8-6-12-4-2-1-3-5-12/h1-5,10-11H,6-9H2,(H,16,21)(H,19,20). The van der Waals surface area contributed by atoms with Crippen molar-refractivity contribution in [2.75, 3.05) is 6.54 Å². The molecule has 0 spiro atoms. The fraction of sp³-hybridized carbons (Fsp3) is 0.267. The number of hydrogen-bond donors (Lipinski definition) is 2. The van der Waals surface area contributed by atoms with Gasteiger partial charge in [-0.1, -0.05) is 30.3 Å². The first kappa shape index (κ1) is 14.8. The number of rotatable bonds is 7. The molecule has 6 nitrogen and oxygen atoms in total. The third-order valence-electron chi connectivity index (χ3n) is 2.99. The van der Waals surface area contributed by atoms with Gasteiger partial charge in [0.15, 0.2) is 0 Å². The molecule has 1 aromatic carbocycles. The largest absolute Gasteiger partial charge is 0.481 e. The quantitative estimate of drug-likeness (QED) is 0.804. The summed E-state index contributed by atoms with van der Waals surface area (Å²) >= 11 is 0. The second-order valence-electron chi connectivity index (χ2n) is 4.63. The topological polar surface area (TPSA) is 84.2 Å². The molecule has 0 saturated carbocycles. The van der Waals surface area contributed by atoms with Gasteiger partial charge in [0.1, 0.15) is 0 Å². The number of carboxylic acids is 1. The van der Waals surface area contributed by atoms with E-state index in [4.69, 9.17) is 5.11 Å². The van der Waals surface area contributed by atoms with Gasteiger partial charge in [-0.05, 0) is 12.0 Å². The average Bonchev–Trinajstić information content (AvgIpc) is 2.95. The van der Waals surface area contributed by atoms with E-state index < -0.39 is 5.97 Å². The summed E-state index contributed by atoms with van der Waals surface area (Å²) in [5, 5.41) is 15.4. The van der Waals surface area contributed by atoms with Crippen LogP contribution >= 0.6 is 0 Å². The first-order chi connectivity index (χ1) is 10.1. The average molecular weight is 287 g/mol. The molecule has 0 atom stereocenters. The number of hydrogen-bond acceptors (Lipinski definition) is 3. The molecule has 0 radical (unpaired) electrons. The van der Waals surface area contributed by atoms with Crippen LogP contribution in [0.25, 0.3) is 0 Å². The van der Waals surface area contributed by atoms with Crippen molar-refractivity contribution in [2.24, 2.45) is 0 Å². The van der Waals surface area contributed by atoms with Gasteiger partial charge >= 0.3 is 5.97 Å². The van der Waals surface area contributed by atoms with Crippen LogP contribution in [0.15, 0.2) is 42.7 Å². The Morgan fingerprint density at radius 2 is 2.00 bits per heavy atom. The normalized spacial score (nSPS) is 10.3. The summed E-state index contributed by atoms with van der Waals surface area (Å²) in [7, 11) is 0. The lowest BCUT2D eigenvalue weighted by atomic mass is 10.1. The van der Waals surface area contributed by atoms with Crippen LogP contribution in [0.2, 0.25) is 0 Å². The Labute approximate surface area is 122 Å². The first-order valence-electron chi connectivity index (χ1n) is 6.71. The lowest BCUT2D eigenvalue weighted by molar-refractivity contribution is -0.137. The zero-order chi connectivity index (χ0) is 15.1. The van der Waals surface area contributed by atoms with E-state index in [9.17, 15) is 9.59 Å². The van der Waals surface area contributed by atoms with E-state index >= 15 is 0 Å². The second kappa shape index (κ2) is 7.23. The van der Waals surface area contributed by atoms with E-state index in [2.05, 4.69) is 10.4 Å². The predicted molar refractivity (Wildman–Crippen MR) is 77.0 cm³/mol. The summed E-state index contributed by atoms with van der Waals surface area (Å²) in [4.78, 5) is 22.4. The summed E-state index contributed by atoms with van der Waals surface area (Å²) < 4.78 is 1.46. The molecule has 21 heavy (non-hydrogen) atoms. The molecule has 0 aliphatic carbocycles. The number of aromatic nitrogens is 2. The number of nitrogens with one attached hydrogen (secondary N) is 1. The van der Waals surface area contributed by atoms with E-state index in [-0.39, 0.29) is 18.9 Å². The Morgan fingerprint density at radius 3 is 2.71 bits per heavy atom. The van der Waals surface area contributed by atoms with Crippen LogP contribution in [0.1, 0.15) is 22.3 Å². The molecule has 1 aromatic heterocycles. The number of carbonyl (C=O) groups is 2. The smallest absolute Gasteiger partial charge is 0.305 e. The van der Waals surface area contributed by atoms with Crippen LogP contribution in [0.3, 0.4) is 0 Å². The lowest BCUT2D eigenvalue weighted by Gasteiger charge is -2.03. The molecule has 110 valence electrons. The molecule has 2 N–H and O–H groups in total. The minimum Gasteiger partial charge on any atom is -0.481 e. The molecule has 0 bridgehead atoms. The van der Waals surface area contributed by atoms with Crippen LogP contribution in [-0.4, -0.2) is 33.3 Å². The maximum Gasteiger partial charge on any atom is 0.305 e. The minimum absolute atomic E-state index is 0.0171. The Morgan fingerprint density at radius 1 is 1.24 bits per heavy atom. The Kier molecular flexibility index (Phi) is 5.09. The van der Waals surface area contributed by atoms with E-state index in [1.165, 1.54) is 10.9 Å². The SMILES string of the molecule is O=C(O)CCn1cc(C(=O)NCCc2ccccc2)cn1. The van der Waals surface area contributed by atoms with Gasteiger partial charge in [0.2, 0.25) is 0 Å². The molecule has 0 saturated heterocycles. The van der Waals surface area contributed by atoms with Crippen LogP contribution in [-0.2, 0) is 17.8 Å². The molecule has 2 aromatic rings. The Bertz CT molecular complexity index is 608. The van der Waals surface area contributed by atoms with Gasteiger partial charge in [-0.25, -0.2) is 0 Å². The molecule has 0 aliphatic rings. The molecule has 0 aliphatic heterocycles. The van der Waals surface area contributed by atoms with Crippen LogP contribution < -0.4 is 5.32 Å². The molecular weight excluding hydrogens is 270 g/mol. The fourth-order valence-corrected chi connectivity index (χ4v) is 1.88. The summed E-state index contributed by atoms with van der Waals surface area (Å²) in [6.45, 7) is 0.801. The summed E-state index contributed by atoms with van der Waals surface area (Å²) in [5.74, 6) is -1.09. The molecule has 6 heteroatoms. The van der Waals surface area contributed by atoms with Crippen molar-refractivity contribution in [3.8, 4) is 0 Å². The fourth-order valence-electron chi connectivity index (χ4n) is 1.88. The minimum atomic E-state index is -0.889. The monoisotopic (exact) mass is 287 g/mol. The number of carbonyl (C=O) groups excluding carboxylic acids is 1. The summed E-state index contributed by atoms with van der Waals surface area (Å²) in [6.07, 6.45) is 3.75. The van der Waals surface area contributed by atoms with Crippen molar-refractivity contribution in [1.29, 1.82) is 0 Å². The maximum atomic E-state index is 11.9. The number of aliphatic carboxylic acids is 1. The maximum absolute atomic E-state index is 11.9. The first-order valence-corrected chi connectivity index (χ1v) is 6.71. The number of aryl methyl sites for hydroxylation is 1. The highest BCUT2D eigenvalue weighted by Gasteiger charge is 2.08. The highest BCUT2D eigenvalue weighted by Crippen LogP contribution is 2.01. The number of nitrogens with zero attached hydrogens (tertiary/aromatic N) is 2. The van der Waals surface area contributed by atoms with Gasteiger partial charge in [-0.15, -0.1) is 0 Å². The lowest BCUT2D eigenvalue weighted by Crippen LogP contribution is -2.25. The van der Waals surface area contributed by atoms with Crippen molar-refractivity contribution in [2.45, 2.75) is 19.4 Å². The van der Waals surface area contributed by atoms with Crippen LogP contribution in [0.5, 0.6) is 0 Å². The summed E-state index contributed by atoms with van der Waals surface area (Å²) in [5.41, 5.74) is 1.60. The Balaban J connectivity index is 1.79. The zero-order valence-electron chi connectivity index (χ0n) is 11.5. The van der Waals surface area contributed by atoms with Crippen molar-refractivity contribution < 1.29 is 14.7 Å². The van der Waals surface area contributed by atoms with Crippen molar-refractivity contribution in [3.05, 3.63) is 53.9 Å². The number of benzene rings is 1. The predicted octanol–water partition coefficient (Wildman–Crippen LogP) is 1.33. The van der Waals surface area contributed by atoms with Crippen molar-refractivity contribution in [3.63, 3.8) is 0 Å². The van der Waals surface area contributed by atoms with E-state index in [0.717, 1.165) is 12.0 Å². The second-order valence-corrected chi connectivity index (χ2v) is 4.63. The summed E-state index contributed by atoms with van der Waals surface area (Å²) in [6, 6.07) is 9.90.